The van der Waals surface area contributed by atoms with Gasteiger partial charge >= 0.3 is 0 Å². The van der Waals surface area contributed by atoms with Crippen LogP contribution in [-0.4, -0.2) is 23.7 Å². The summed E-state index contributed by atoms with van der Waals surface area (Å²) in [5.74, 6) is -0.345. The highest BCUT2D eigenvalue weighted by Crippen LogP contribution is 2.37. The number of rotatable bonds is 9. The van der Waals surface area contributed by atoms with Crippen molar-refractivity contribution in [2.75, 3.05) is 12.0 Å². The van der Waals surface area contributed by atoms with Crippen LogP contribution in [0.3, 0.4) is 0 Å². The summed E-state index contributed by atoms with van der Waals surface area (Å²) in [5, 5.41) is 12.4. The lowest BCUT2D eigenvalue weighted by atomic mass is 9.85. The standard InChI is InChI=1S/C30H33ClN2O5/c1-19(2)20-9-13-23(14-10-20)32(29(35)25-17-24(38-6)15-16-26(25)33(36)37)28(27(34)18-30(3,4)5)21-7-11-22(31)12-8-21/h7-17,19,28H,18H2,1-6H3. The minimum absolute atomic E-state index is 0.175. The van der Waals surface area contributed by atoms with Crippen LogP contribution in [0.5, 0.6) is 5.75 Å². The first-order valence-corrected chi connectivity index (χ1v) is 12.7. The molecule has 0 aromatic heterocycles. The van der Waals surface area contributed by atoms with E-state index in [2.05, 4.69) is 13.8 Å². The van der Waals surface area contributed by atoms with E-state index in [0.717, 1.165) is 5.56 Å². The Labute approximate surface area is 228 Å². The van der Waals surface area contributed by atoms with Crippen LogP contribution in [0, 0.1) is 15.5 Å². The number of ether oxygens (including phenoxy) is 1. The maximum atomic E-state index is 14.3. The minimum atomic E-state index is -1.05. The average molecular weight is 537 g/mol. The number of amides is 1. The lowest BCUT2D eigenvalue weighted by Crippen LogP contribution is -2.40. The van der Waals surface area contributed by atoms with E-state index in [0.29, 0.717) is 16.3 Å². The van der Waals surface area contributed by atoms with Gasteiger partial charge in [-0.15, -0.1) is 0 Å². The molecule has 0 saturated carbocycles. The maximum absolute atomic E-state index is 14.3. The Morgan fingerprint density at radius 1 is 0.974 bits per heavy atom. The van der Waals surface area contributed by atoms with E-state index < -0.39 is 16.9 Å². The molecule has 3 aromatic carbocycles. The molecular weight excluding hydrogens is 504 g/mol. The van der Waals surface area contributed by atoms with Gasteiger partial charge in [0, 0.05) is 23.2 Å². The summed E-state index contributed by atoms with van der Waals surface area (Å²) in [6, 6.07) is 17.0. The van der Waals surface area contributed by atoms with Crippen molar-refractivity contribution in [3.05, 3.63) is 98.6 Å². The van der Waals surface area contributed by atoms with Crippen LogP contribution in [0.1, 0.15) is 74.5 Å². The lowest BCUT2D eigenvalue weighted by Gasteiger charge is -2.33. The molecule has 3 rings (SSSR count). The molecule has 7 nitrogen and oxygen atoms in total. The zero-order valence-corrected chi connectivity index (χ0v) is 23.3. The molecule has 1 amide bonds. The molecule has 38 heavy (non-hydrogen) atoms. The second-order valence-corrected chi connectivity index (χ2v) is 11.2. The average Bonchev–Trinajstić information content (AvgIpc) is 2.86. The molecular formula is C30H33ClN2O5. The number of nitro benzene ring substituents is 1. The largest absolute Gasteiger partial charge is 0.497 e. The van der Waals surface area contributed by atoms with Gasteiger partial charge in [0.2, 0.25) is 0 Å². The van der Waals surface area contributed by atoms with E-state index in [-0.39, 0.29) is 40.5 Å². The fourth-order valence-electron chi connectivity index (χ4n) is 4.25. The molecule has 0 aliphatic heterocycles. The summed E-state index contributed by atoms with van der Waals surface area (Å²) < 4.78 is 5.26. The molecule has 1 unspecified atom stereocenters. The third kappa shape index (κ3) is 6.78. The number of Topliss-reactive ketones (excluding diaryl/α,β-unsaturated/α-hetero) is 1. The van der Waals surface area contributed by atoms with Crippen molar-refractivity contribution in [2.45, 2.75) is 53.0 Å². The molecule has 3 aromatic rings. The number of carbonyl (C=O) groups is 2. The van der Waals surface area contributed by atoms with Gasteiger partial charge in [0.25, 0.3) is 11.6 Å². The zero-order chi connectivity index (χ0) is 28.2. The number of carbonyl (C=O) groups excluding carboxylic acids is 2. The Hall–Kier alpha value is -3.71. The molecule has 0 fully saturated rings. The van der Waals surface area contributed by atoms with Crippen LogP contribution in [0.4, 0.5) is 11.4 Å². The zero-order valence-electron chi connectivity index (χ0n) is 22.5. The van der Waals surface area contributed by atoms with Gasteiger partial charge in [-0.05, 0) is 58.9 Å². The number of nitro groups is 1. The van der Waals surface area contributed by atoms with Crippen molar-refractivity contribution < 1.29 is 19.2 Å². The number of benzene rings is 3. The number of hydrogen-bond donors (Lipinski definition) is 0. The van der Waals surface area contributed by atoms with Crippen LogP contribution in [0.15, 0.2) is 66.7 Å². The Bertz CT molecular complexity index is 1310. The van der Waals surface area contributed by atoms with Crippen molar-refractivity contribution in [1.29, 1.82) is 0 Å². The molecule has 1 atom stereocenters. The van der Waals surface area contributed by atoms with E-state index in [1.807, 2.05) is 32.9 Å². The number of anilines is 1. The van der Waals surface area contributed by atoms with Crippen LogP contribution in [-0.2, 0) is 4.79 Å². The Balaban J connectivity index is 2.30. The molecule has 8 heteroatoms. The SMILES string of the molecule is COc1ccc([N+](=O)[O-])c(C(=O)N(c2ccc(C(C)C)cc2)C(C(=O)CC(C)(C)C)c2ccc(Cl)cc2)c1. The van der Waals surface area contributed by atoms with Crippen LogP contribution < -0.4 is 9.64 Å². The van der Waals surface area contributed by atoms with Gasteiger partial charge in [-0.25, -0.2) is 0 Å². The van der Waals surface area contributed by atoms with Crippen molar-refractivity contribution in [3.63, 3.8) is 0 Å². The number of hydrogen-bond acceptors (Lipinski definition) is 5. The Morgan fingerprint density at radius 3 is 2.05 bits per heavy atom. The predicted octanol–water partition coefficient (Wildman–Crippen LogP) is 7.77. The third-order valence-electron chi connectivity index (χ3n) is 6.14. The minimum Gasteiger partial charge on any atom is -0.497 e. The van der Waals surface area contributed by atoms with E-state index in [1.165, 1.54) is 30.2 Å². The normalized spacial score (nSPS) is 12.2. The van der Waals surface area contributed by atoms with E-state index in [4.69, 9.17) is 16.3 Å². The molecule has 0 heterocycles. The van der Waals surface area contributed by atoms with E-state index in [9.17, 15) is 19.7 Å². The van der Waals surface area contributed by atoms with Gasteiger partial charge in [-0.1, -0.05) is 70.5 Å². The number of ketones is 1. The van der Waals surface area contributed by atoms with E-state index in [1.54, 1.807) is 36.4 Å². The topological polar surface area (TPSA) is 89.8 Å². The van der Waals surface area contributed by atoms with Gasteiger partial charge in [-0.2, -0.15) is 0 Å². The molecule has 0 aliphatic carbocycles. The first-order valence-electron chi connectivity index (χ1n) is 12.4. The Morgan fingerprint density at radius 2 is 1.55 bits per heavy atom. The second-order valence-electron chi connectivity index (χ2n) is 10.7. The fraction of sp³-hybridized carbons (Fsp3) is 0.333. The first-order chi connectivity index (χ1) is 17.8. The molecule has 0 spiro atoms. The number of methoxy groups -OCH3 is 1. The lowest BCUT2D eigenvalue weighted by molar-refractivity contribution is -0.385. The molecule has 0 saturated heterocycles. The van der Waals surface area contributed by atoms with Crippen molar-refractivity contribution in [2.24, 2.45) is 5.41 Å². The van der Waals surface area contributed by atoms with Gasteiger partial charge in [0.05, 0.1) is 12.0 Å². The van der Waals surface area contributed by atoms with Crippen LogP contribution in [0.2, 0.25) is 5.02 Å². The van der Waals surface area contributed by atoms with Crippen LogP contribution in [0.25, 0.3) is 0 Å². The summed E-state index contributed by atoms with van der Waals surface area (Å²) >= 11 is 6.14. The second kappa shape index (κ2) is 11.8. The smallest absolute Gasteiger partial charge is 0.282 e. The predicted molar refractivity (Wildman–Crippen MR) is 150 cm³/mol. The quantitative estimate of drug-likeness (QED) is 0.206. The van der Waals surface area contributed by atoms with Crippen molar-refractivity contribution >= 4 is 34.7 Å². The van der Waals surface area contributed by atoms with Crippen LogP contribution >= 0.6 is 11.6 Å². The summed E-state index contributed by atoms with van der Waals surface area (Å²) in [5.41, 5.74) is 1.13. The van der Waals surface area contributed by atoms with Crippen molar-refractivity contribution in [1.82, 2.24) is 0 Å². The summed E-state index contributed by atoms with van der Waals surface area (Å²) in [4.78, 5) is 40.9. The summed E-state index contributed by atoms with van der Waals surface area (Å²) in [6.45, 7) is 9.95. The van der Waals surface area contributed by atoms with Gasteiger partial charge < -0.3 is 4.74 Å². The molecule has 0 N–H and O–H groups in total. The highest BCUT2D eigenvalue weighted by Gasteiger charge is 2.37. The summed E-state index contributed by atoms with van der Waals surface area (Å²) in [6.07, 6.45) is 0.175. The molecule has 0 bridgehead atoms. The fourth-order valence-corrected chi connectivity index (χ4v) is 4.38. The van der Waals surface area contributed by atoms with Crippen molar-refractivity contribution in [3.8, 4) is 5.75 Å². The van der Waals surface area contributed by atoms with Gasteiger partial charge in [-0.3, -0.25) is 24.6 Å². The maximum Gasteiger partial charge on any atom is 0.282 e. The number of nitrogens with zero attached hydrogens (tertiary/aromatic N) is 2. The molecule has 200 valence electrons. The number of halogens is 1. The molecule has 0 radical (unpaired) electrons. The third-order valence-corrected chi connectivity index (χ3v) is 6.39. The van der Waals surface area contributed by atoms with Gasteiger partial charge in [0.15, 0.2) is 5.78 Å². The monoisotopic (exact) mass is 536 g/mol. The van der Waals surface area contributed by atoms with Gasteiger partial charge in [0.1, 0.15) is 17.4 Å². The first kappa shape index (κ1) is 28.9. The van der Waals surface area contributed by atoms with E-state index >= 15 is 0 Å². The molecule has 0 aliphatic rings. The Kier molecular flexibility index (Phi) is 8.94. The summed E-state index contributed by atoms with van der Waals surface area (Å²) in [7, 11) is 1.42. The highest BCUT2D eigenvalue weighted by atomic mass is 35.5. The highest BCUT2D eigenvalue weighted by molar-refractivity contribution is 6.30.